The van der Waals surface area contributed by atoms with Gasteiger partial charge in [0.25, 0.3) is 0 Å². The van der Waals surface area contributed by atoms with E-state index in [-0.39, 0.29) is 11.9 Å². The molecule has 0 saturated heterocycles. The predicted molar refractivity (Wildman–Crippen MR) is 76.8 cm³/mol. The highest BCUT2D eigenvalue weighted by Gasteiger charge is 2.07. The molecule has 0 aliphatic carbocycles. The lowest BCUT2D eigenvalue weighted by atomic mass is 10.2. The molecule has 1 rings (SSSR count). The van der Waals surface area contributed by atoms with Gasteiger partial charge in [-0.25, -0.2) is 4.79 Å². The third-order valence-electron chi connectivity index (χ3n) is 2.67. The molecule has 110 valence electrons. The number of carbonyl (C=O) groups excluding carboxylic acids is 2. The van der Waals surface area contributed by atoms with Gasteiger partial charge < -0.3 is 14.8 Å². The molecule has 0 heterocycles. The average Bonchev–Trinajstić information content (AvgIpc) is 2.46. The lowest BCUT2D eigenvalue weighted by Gasteiger charge is -2.07. The molecule has 0 spiro atoms. The number of rotatable bonds is 8. The fraction of sp³-hybridized carbons (Fsp3) is 0.467. The van der Waals surface area contributed by atoms with Crippen molar-refractivity contribution in [1.29, 1.82) is 0 Å². The number of benzene rings is 1. The maximum absolute atomic E-state index is 11.7. The van der Waals surface area contributed by atoms with Crippen molar-refractivity contribution in [2.75, 3.05) is 25.6 Å². The number of anilines is 1. The highest BCUT2D eigenvalue weighted by molar-refractivity contribution is 5.93. The van der Waals surface area contributed by atoms with Crippen LogP contribution >= 0.6 is 0 Å². The number of esters is 1. The third kappa shape index (κ3) is 5.84. The number of amides is 1. The minimum atomic E-state index is -0.337. The maximum Gasteiger partial charge on any atom is 0.338 e. The fourth-order valence-corrected chi connectivity index (χ4v) is 1.50. The van der Waals surface area contributed by atoms with Gasteiger partial charge in [0.1, 0.15) is 0 Å². The van der Waals surface area contributed by atoms with E-state index in [0.29, 0.717) is 30.9 Å². The second kappa shape index (κ2) is 9.09. The van der Waals surface area contributed by atoms with E-state index in [9.17, 15) is 9.59 Å². The average molecular weight is 279 g/mol. The fourth-order valence-electron chi connectivity index (χ4n) is 1.50. The van der Waals surface area contributed by atoms with Crippen molar-refractivity contribution < 1.29 is 19.1 Å². The van der Waals surface area contributed by atoms with Crippen LogP contribution in [0.3, 0.4) is 0 Å². The molecule has 0 atom stereocenters. The number of hydrogen-bond donors (Lipinski definition) is 1. The van der Waals surface area contributed by atoms with E-state index in [4.69, 9.17) is 9.47 Å². The molecular formula is C15H21NO4. The Labute approximate surface area is 119 Å². The maximum atomic E-state index is 11.7. The zero-order valence-corrected chi connectivity index (χ0v) is 12.0. The van der Waals surface area contributed by atoms with Gasteiger partial charge in [0.15, 0.2) is 0 Å². The molecular weight excluding hydrogens is 258 g/mol. The summed E-state index contributed by atoms with van der Waals surface area (Å²) in [5.41, 5.74) is 1.13. The van der Waals surface area contributed by atoms with E-state index < -0.39 is 0 Å². The minimum absolute atomic E-state index is 0.120. The summed E-state index contributed by atoms with van der Waals surface area (Å²) in [6, 6.07) is 6.64. The molecule has 5 nitrogen and oxygen atoms in total. The van der Waals surface area contributed by atoms with Crippen LogP contribution in [0.4, 0.5) is 5.69 Å². The van der Waals surface area contributed by atoms with Crippen molar-refractivity contribution in [3.8, 4) is 0 Å². The number of carbonyl (C=O) groups is 2. The van der Waals surface area contributed by atoms with E-state index in [1.807, 2.05) is 6.92 Å². The molecule has 20 heavy (non-hydrogen) atoms. The molecule has 5 heteroatoms. The van der Waals surface area contributed by atoms with Gasteiger partial charge in [-0.3, -0.25) is 4.79 Å². The second-order valence-corrected chi connectivity index (χ2v) is 4.36. The number of methoxy groups -OCH3 is 1. The van der Waals surface area contributed by atoms with Crippen LogP contribution in [0.15, 0.2) is 24.3 Å². The Morgan fingerprint density at radius 3 is 2.45 bits per heavy atom. The zero-order valence-electron chi connectivity index (χ0n) is 12.0. The second-order valence-electron chi connectivity index (χ2n) is 4.36. The summed E-state index contributed by atoms with van der Waals surface area (Å²) >= 11 is 0. The van der Waals surface area contributed by atoms with Gasteiger partial charge in [0.05, 0.1) is 25.2 Å². The Bertz CT molecular complexity index is 428. The van der Waals surface area contributed by atoms with Crippen LogP contribution in [0.1, 0.15) is 36.5 Å². The molecule has 0 radical (unpaired) electrons. The molecule has 1 aromatic rings. The van der Waals surface area contributed by atoms with Gasteiger partial charge in [-0.15, -0.1) is 0 Å². The Balaban J connectivity index is 2.47. The zero-order chi connectivity index (χ0) is 14.8. The number of nitrogens with one attached hydrogen (secondary N) is 1. The third-order valence-corrected chi connectivity index (χ3v) is 2.67. The van der Waals surface area contributed by atoms with E-state index in [0.717, 1.165) is 12.8 Å². The summed E-state index contributed by atoms with van der Waals surface area (Å²) in [5.74, 6) is -0.458. The van der Waals surface area contributed by atoms with Crippen LogP contribution < -0.4 is 5.32 Å². The van der Waals surface area contributed by atoms with Gasteiger partial charge in [0, 0.05) is 12.8 Å². The molecule has 0 fully saturated rings. The van der Waals surface area contributed by atoms with Crippen LogP contribution in [0.2, 0.25) is 0 Å². The SMILES string of the molecule is CCCCOC(=O)c1ccc(NC(=O)CCOC)cc1. The number of hydrogen-bond acceptors (Lipinski definition) is 4. The Kier molecular flexibility index (Phi) is 7.35. The van der Waals surface area contributed by atoms with Crippen molar-refractivity contribution in [2.24, 2.45) is 0 Å². The van der Waals surface area contributed by atoms with Gasteiger partial charge in [-0.1, -0.05) is 13.3 Å². The summed E-state index contributed by atoms with van der Waals surface area (Å²) in [4.78, 5) is 23.2. The monoisotopic (exact) mass is 279 g/mol. The first-order chi connectivity index (χ1) is 9.67. The largest absolute Gasteiger partial charge is 0.462 e. The van der Waals surface area contributed by atoms with Crippen molar-refractivity contribution in [3.05, 3.63) is 29.8 Å². The van der Waals surface area contributed by atoms with Gasteiger partial charge in [0.2, 0.25) is 5.91 Å². The molecule has 0 aliphatic rings. The summed E-state index contributed by atoms with van der Waals surface area (Å²) < 4.78 is 9.93. The first kappa shape index (κ1) is 16.2. The van der Waals surface area contributed by atoms with Crippen molar-refractivity contribution in [1.82, 2.24) is 0 Å². The Hall–Kier alpha value is -1.88. The molecule has 1 aromatic carbocycles. The summed E-state index contributed by atoms with van der Waals surface area (Å²) in [6.45, 7) is 2.85. The molecule has 1 amide bonds. The Morgan fingerprint density at radius 1 is 1.15 bits per heavy atom. The molecule has 0 unspecified atom stereocenters. The smallest absolute Gasteiger partial charge is 0.338 e. The summed E-state index contributed by atoms with van der Waals surface area (Å²) in [5, 5.41) is 2.72. The van der Waals surface area contributed by atoms with Crippen molar-refractivity contribution >= 4 is 17.6 Å². The molecule has 0 bridgehead atoms. The molecule has 0 aromatic heterocycles. The van der Waals surface area contributed by atoms with Crippen LogP contribution in [0.25, 0.3) is 0 Å². The minimum Gasteiger partial charge on any atom is -0.462 e. The lowest BCUT2D eigenvalue weighted by Crippen LogP contribution is -2.13. The number of unbranched alkanes of at least 4 members (excludes halogenated alkanes) is 1. The van der Waals surface area contributed by atoms with Crippen LogP contribution in [-0.4, -0.2) is 32.2 Å². The highest BCUT2D eigenvalue weighted by atomic mass is 16.5. The molecule has 0 saturated carbocycles. The van der Waals surface area contributed by atoms with Gasteiger partial charge >= 0.3 is 5.97 Å². The standard InChI is InChI=1S/C15H21NO4/c1-3-4-10-20-15(18)12-5-7-13(8-6-12)16-14(17)9-11-19-2/h5-8H,3-4,9-11H2,1-2H3,(H,16,17). The van der Waals surface area contributed by atoms with Crippen LogP contribution in [0.5, 0.6) is 0 Å². The van der Waals surface area contributed by atoms with Crippen LogP contribution in [-0.2, 0) is 14.3 Å². The topological polar surface area (TPSA) is 64.6 Å². The van der Waals surface area contributed by atoms with E-state index in [1.54, 1.807) is 31.4 Å². The van der Waals surface area contributed by atoms with Gasteiger partial charge in [-0.2, -0.15) is 0 Å². The Morgan fingerprint density at radius 2 is 1.85 bits per heavy atom. The van der Waals surface area contributed by atoms with Crippen molar-refractivity contribution in [2.45, 2.75) is 26.2 Å². The first-order valence-corrected chi connectivity index (χ1v) is 6.73. The molecule has 1 N–H and O–H groups in total. The highest BCUT2D eigenvalue weighted by Crippen LogP contribution is 2.11. The molecule has 0 aliphatic heterocycles. The number of ether oxygens (including phenoxy) is 2. The lowest BCUT2D eigenvalue weighted by molar-refractivity contribution is -0.117. The quantitative estimate of drug-likeness (QED) is 0.587. The van der Waals surface area contributed by atoms with E-state index in [2.05, 4.69) is 5.32 Å². The van der Waals surface area contributed by atoms with E-state index in [1.165, 1.54) is 0 Å². The van der Waals surface area contributed by atoms with E-state index >= 15 is 0 Å². The predicted octanol–water partition coefficient (Wildman–Crippen LogP) is 2.62. The first-order valence-electron chi connectivity index (χ1n) is 6.73. The normalized spacial score (nSPS) is 10.1. The van der Waals surface area contributed by atoms with Gasteiger partial charge in [-0.05, 0) is 30.7 Å². The van der Waals surface area contributed by atoms with Crippen molar-refractivity contribution in [3.63, 3.8) is 0 Å². The summed E-state index contributed by atoms with van der Waals surface area (Å²) in [6.07, 6.45) is 2.15. The summed E-state index contributed by atoms with van der Waals surface area (Å²) in [7, 11) is 1.55. The van der Waals surface area contributed by atoms with Crippen LogP contribution in [0, 0.1) is 0 Å².